The van der Waals surface area contributed by atoms with E-state index in [1.54, 1.807) is 12.1 Å². The summed E-state index contributed by atoms with van der Waals surface area (Å²) in [5.74, 6) is 0.411. The average molecular weight is 363 g/mol. The molecule has 25 heavy (non-hydrogen) atoms. The highest BCUT2D eigenvalue weighted by molar-refractivity contribution is 6.31. The number of carbonyl (C=O) groups excluding carboxylic acids is 1. The number of ether oxygens (including phenoxy) is 1. The van der Waals surface area contributed by atoms with Crippen molar-refractivity contribution in [2.75, 3.05) is 19.6 Å². The molecule has 1 amide bonds. The van der Waals surface area contributed by atoms with Crippen molar-refractivity contribution in [2.24, 2.45) is 0 Å². The van der Waals surface area contributed by atoms with Crippen LogP contribution in [-0.4, -0.2) is 30.4 Å². The molecule has 0 radical (unpaired) electrons. The number of hydrogen-bond donors (Lipinski definition) is 1. The van der Waals surface area contributed by atoms with Crippen molar-refractivity contribution < 1.29 is 13.9 Å². The minimum absolute atomic E-state index is 0.0720. The minimum Gasteiger partial charge on any atom is -0.488 e. The standard InChI is InChI=1S/C19H20ClFN2O2/c20-16-5-3-6-17(21)15(16)13-25-18-7-2-1-4-14(18)12-23-10-8-19(24)22-9-11-23/h1-7H,8-13H2,(H,22,24). The second kappa shape index (κ2) is 8.32. The highest BCUT2D eigenvalue weighted by Gasteiger charge is 2.16. The van der Waals surface area contributed by atoms with Gasteiger partial charge >= 0.3 is 0 Å². The van der Waals surface area contributed by atoms with Crippen molar-refractivity contribution >= 4 is 17.5 Å². The lowest BCUT2D eigenvalue weighted by Crippen LogP contribution is -2.28. The summed E-state index contributed by atoms with van der Waals surface area (Å²) in [6.07, 6.45) is 0.494. The summed E-state index contributed by atoms with van der Waals surface area (Å²) in [4.78, 5) is 13.7. The molecule has 1 heterocycles. The summed E-state index contributed by atoms with van der Waals surface area (Å²) in [6.45, 7) is 2.89. The molecule has 4 nitrogen and oxygen atoms in total. The van der Waals surface area contributed by atoms with E-state index >= 15 is 0 Å². The smallest absolute Gasteiger partial charge is 0.221 e. The van der Waals surface area contributed by atoms with Gasteiger partial charge in [0.15, 0.2) is 0 Å². The number of hydrogen-bond acceptors (Lipinski definition) is 3. The summed E-state index contributed by atoms with van der Waals surface area (Å²) in [7, 11) is 0. The van der Waals surface area contributed by atoms with E-state index in [0.717, 1.165) is 12.1 Å². The third kappa shape index (κ3) is 4.71. The SMILES string of the molecule is O=C1CCN(Cc2ccccc2OCc2c(F)cccc2Cl)CCN1. The third-order valence-corrected chi connectivity index (χ3v) is 4.56. The van der Waals surface area contributed by atoms with Crippen molar-refractivity contribution in [1.29, 1.82) is 0 Å². The monoisotopic (exact) mass is 362 g/mol. The van der Waals surface area contributed by atoms with Gasteiger partial charge in [-0.2, -0.15) is 0 Å². The van der Waals surface area contributed by atoms with Crippen molar-refractivity contribution in [3.05, 3.63) is 64.4 Å². The van der Waals surface area contributed by atoms with Gasteiger partial charge in [-0.15, -0.1) is 0 Å². The molecule has 0 spiro atoms. The minimum atomic E-state index is -0.373. The molecule has 1 aliphatic heterocycles. The zero-order valence-corrected chi connectivity index (χ0v) is 14.6. The van der Waals surface area contributed by atoms with Gasteiger partial charge in [0.05, 0.1) is 5.02 Å². The van der Waals surface area contributed by atoms with E-state index < -0.39 is 0 Å². The van der Waals surface area contributed by atoms with Gasteiger partial charge in [-0.3, -0.25) is 9.69 Å². The molecule has 3 rings (SSSR count). The predicted octanol–water partition coefficient (Wildman–Crippen LogP) is 3.38. The quantitative estimate of drug-likeness (QED) is 0.886. The zero-order chi connectivity index (χ0) is 17.6. The first-order valence-electron chi connectivity index (χ1n) is 8.26. The van der Waals surface area contributed by atoms with Crippen LogP contribution in [0.4, 0.5) is 4.39 Å². The molecule has 0 bridgehead atoms. The average Bonchev–Trinajstić information content (AvgIpc) is 2.80. The van der Waals surface area contributed by atoms with Crippen LogP contribution in [0.2, 0.25) is 5.02 Å². The number of carbonyl (C=O) groups is 1. The fourth-order valence-electron chi connectivity index (χ4n) is 2.81. The predicted molar refractivity (Wildman–Crippen MR) is 95.1 cm³/mol. The Balaban J connectivity index is 1.69. The molecule has 6 heteroatoms. The number of halogens is 2. The molecule has 0 aliphatic carbocycles. The fraction of sp³-hybridized carbons (Fsp3) is 0.316. The van der Waals surface area contributed by atoms with Crippen molar-refractivity contribution in [1.82, 2.24) is 10.2 Å². The van der Waals surface area contributed by atoms with Gasteiger partial charge in [0.25, 0.3) is 0 Å². The lowest BCUT2D eigenvalue weighted by Gasteiger charge is -2.21. The van der Waals surface area contributed by atoms with Gasteiger partial charge < -0.3 is 10.1 Å². The van der Waals surface area contributed by atoms with Crippen LogP contribution in [0, 0.1) is 5.82 Å². The van der Waals surface area contributed by atoms with Crippen LogP contribution in [0.3, 0.4) is 0 Å². The Kier molecular flexibility index (Phi) is 5.89. The van der Waals surface area contributed by atoms with E-state index in [1.165, 1.54) is 6.07 Å². The van der Waals surface area contributed by atoms with E-state index in [9.17, 15) is 9.18 Å². The largest absolute Gasteiger partial charge is 0.488 e. The van der Waals surface area contributed by atoms with Crippen LogP contribution in [0.5, 0.6) is 5.75 Å². The van der Waals surface area contributed by atoms with E-state index in [0.29, 0.717) is 42.4 Å². The first kappa shape index (κ1) is 17.7. The number of nitrogens with one attached hydrogen (secondary N) is 1. The third-order valence-electron chi connectivity index (χ3n) is 4.21. The topological polar surface area (TPSA) is 41.6 Å². The van der Waals surface area contributed by atoms with Crippen LogP contribution < -0.4 is 10.1 Å². The van der Waals surface area contributed by atoms with E-state index in [-0.39, 0.29) is 18.3 Å². The Morgan fingerprint density at radius 3 is 2.84 bits per heavy atom. The molecule has 2 aromatic rings. The lowest BCUT2D eigenvalue weighted by atomic mass is 10.1. The molecule has 0 aromatic heterocycles. The van der Waals surface area contributed by atoms with Gasteiger partial charge in [0.2, 0.25) is 5.91 Å². The Labute approximate surface area is 151 Å². The van der Waals surface area contributed by atoms with Crippen LogP contribution in [0.25, 0.3) is 0 Å². The van der Waals surface area contributed by atoms with Crippen LogP contribution >= 0.6 is 11.6 Å². The number of benzene rings is 2. The van der Waals surface area contributed by atoms with Gasteiger partial charge in [-0.1, -0.05) is 35.9 Å². The highest BCUT2D eigenvalue weighted by Crippen LogP contribution is 2.24. The second-order valence-corrected chi connectivity index (χ2v) is 6.38. The maximum Gasteiger partial charge on any atom is 0.221 e. The maximum atomic E-state index is 13.9. The summed E-state index contributed by atoms with van der Waals surface area (Å²) in [5, 5.41) is 3.22. The molecule has 1 aliphatic rings. The fourth-order valence-corrected chi connectivity index (χ4v) is 3.03. The Bertz CT molecular complexity index is 734. The van der Waals surface area contributed by atoms with Crippen molar-refractivity contribution in [3.63, 3.8) is 0 Å². The first-order valence-corrected chi connectivity index (χ1v) is 8.64. The molecule has 2 aromatic carbocycles. The summed E-state index contributed by atoms with van der Waals surface area (Å²) >= 11 is 6.06. The van der Waals surface area contributed by atoms with Crippen LogP contribution in [0.15, 0.2) is 42.5 Å². The summed E-state index contributed by atoms with van der Waals surface area (Å²) in [5.41, 5.74) is 1.35. The molecule has 1 saturated heterocycles. The molecule has 132 valence electrons. The van der Waals surface area contributed by atoms with Crippen LogP contribution in [-0.2, 0) is 17.9 Å². The Morgan fingerprint density at radius 2 is 2.00 bits per heavy atom. The second-order valence-electron chi connectivity index (χ2n) is 5.97. The van der Waals surface area contributed by atoms with E-state index in [2.05, 4.69) is 10.2 Å². The molecular formula is C19H20ClFN2O2. The summed E-state index contributed by atoms with van der Waals surface area (Å²) < 4.78 is 19.7. The van der Waals surface area contributed by atoms with E-state index in [4.69, 9.17) is 16.3 Å². The van der Waals surface area contributed by atoms with E-state index in [1.807, 2.05) is 24.3 Å². The molecule has 1 fully saturated rings. The lowest BCUT2D eigenvalue weighted by molar-refractivity contribution is -0.120. The molecular weight excluding hydrogens is 343 g/mol. The normalized spacial score (nSPS) is 15.5. The highest BCUT2D eigenvalue weighted by atomic mass is 35.5. The summed E-state index contributed by atoms with van der Waals surface area (Å²) in [6, 6.07) is 12.3. The molecule has 1 N–H and O–H groups in total. The van der Waals surface area contributed by atoms with Gasteiger partial charge in [-0.25, -0.2) is 4.39 Å². The van der Waals surface area contributed by atoms with Crippen molar-refractivity contribution in [2.45, 2.75) is 19.6 Å². The van der Waals surface area contributed by atoms with Gasteiger partial charge in [-0.05, 0) is 18.2 Å². The van der Waals surface area contributed by atoms with Gasteiger partial charge in [0, 0.05) is 43.7 Å². The Morgan fingerprint density at radius 1 is 1.16 bits per heavy atom. The first-order chi connectivity index (χ1) is 12.1. The van der Waals surface area contributed by atoms with Gasteiger partial charge in [0.1, 0.15) is 18.2 Å². The number of amides is 1. The molecule has 0 saturated carbocycles. The number of rotatable bonds is 5. The number of para-hydroxylation sites is 1. The van der Waals surface area contributed by atoms with Crippen molar-refractivity contribution in [3.8, 4) is 5.75 Å². The maximum absolute atomic E-state index is 13.9. The molecule has 0 unspecified atom stereocenters. The molecule has 0 atom stereocenters. The number of nitrogens with zero attached hydrogens (tertiary/aromatic N) is 1. The zero-order valence-electron chi connectivity index (χ0n) is 13.8. The Hall–Kier alpha value is -2.11. The van der Waals surface area contributed by atoms with Crippen LogP contribution in [0.1, 0.15) is 17.5 Å².